The Morgan fingerprint density at radius 1 is 1.19 bits per heavy atom. The van der Waals surface area contributed by atoms with E-state index < -0.39 is 0 Å². The summed E-state index contributed by atoms with van der Waals surface area (Å²) in [5.74, 6) is 1.01. The van der Waals surface area contributed by atoms with Gasteiger partial charge in [-0.05, 0) is 31.5 Å². The third-order valence-corrected chi connectivity index (χ3v) is 3.75. The Bertz CT molecular complexity index is 834. The fourth-order valence-corrected chi connectivity index (χ4v) is 2.69. The summed E-state index contributed by atoms with van der Waals surface area (Å²) < 4.78 is 1.89. The number of anilines is 2. The highest BCUT2D eigenvalue weighted by atomic mass is 15.3. The lowest BCUT2D eigenvalue weighted by Gasteiger charge is -2.08. The first-order valence-corrected chi connectivity index (χ1v) is 6.77. The van der Waals surface area contributed by atoms with E-state index in [0.717, 1.165) is 39.2 Å². The van der Waals surface area contributed by atoms with Crippen molar-refractivity contribution in [3.05, 3.63) is 29.6 Å². The van der Waals surface area contributed by atoms with Crippen molar-refractivity contribution < 1.29 is 0 Å². The highest BCUT2D eigenvalue weighted by Crippen LogP contribution is 2.30. The number of fused-ring (bicyclic) bond motifs is 1. The molecule has 0 bridgehead atoms. The maximum Gasteiger partial charge on any atom is 0.222 e. The number of nitrogens with one attached hydrogen (secondary N) is 1. The Balaban J connectivity index is 2.26. The van der Waals surface area contributed by atoms with E-state index in [1.807, 2.05) is 37.8 Å². The van der Waals surface area contributed by atoms with Crippen LogP contribution in [0.2, 0.25) is 0 Å². The maximum atomic E-state index is 5.77. The van der Waals surface area contributed by atoms with Crippen LogP contribution in [0.1, 0.15) is 11.4 Å². The van der Waals surface area contributed by atoms with Crippen molar-refractivity contribution in [2.75, 3.05) is 18.1 Å². The van der Waals surface area contributed by atoms with Gasteiger partial charge in [-0.3, -0.25) is 4.68 Å². The van der Waals surface area contributed by atoms with Crippen molar-refractivity contribution in [3.8, 4) is 11.1 Å². The Hall–Kier alpha value is -2.63. The lowest BCUT2D eigenvalue weighted by atomic mass is 10.0. The molecule has 0 saturated heterocycles. The molecule has 3 aromatic rings. The first kappa shape index (κ1) is 13.4. The number of aryl methyl sites for hydroxylation is 2. The van der Waals surface area contributed by atoms with Gasteiger partial charge in [0.1, 0.15) is 5.82 Å². The van der Waals surface area contributed by atoms with Crippen molar-refractivity contribution in [2.45, 2.75) is 13.8 Å². The summed E-state index contributed by atoms with van der Waals surface area (Å²) in [4.78, 5) is 8.54. The number of aromatic nitrogens is 4. The van der Waals surface area contributed by atoms with Crippen LogP contribution in [-0.2, 0) is 7.05 Å². The van der Waals surface area contributed by atoms with Crippen molar-refractivity contribution >= 4 is 22.7 Å². The predicted octanol–water partition coefficient (Wildman–Crippen LogP) is 2.27. The van der Waals surface area contributed by atoms with E-state index in [0.29, 0.717) is 0 Å². The number of hydrogen-bond acceptors (Lipinski definition) is 5. The Morgan fingerprint density at radius 3 is 2.57 bits per heavy atom. The molecule has 0 fully saturated rings. The summed E-state index contributed by atoms with van der Waals surface area (Å²) >= 11 is 0. The zero-order chi connectivity index (χ0) is 15.1. The number of nitrogen functional groups attached to an aromatic ring is 1. The van der Waals surface area contributed by atoms with Gasteiger partial charge in [0.2, 0.25) is 5.95 Å². The minimum atomic E-state index is 0.267. The first-order chi connectivity index (χ1) is 10.0. The molecule has 108 valence electrons. The minimum Gasteiger partial charge on any atom is -0.372 e. The number of rotatable bonds is 2. The van der Waals surface area contributed by atoms with E-state index in [2.05, 4.69) is 33.4 Å². The van der Waals surface area contributed by atoms with Crippen LogP contribution >= 0.6 is 0 Å². The molecule has 0 radical (unpaired) electrons. The van der Waals surface area contributed by atoms with E-state index in [9.17, 15) is 0 Å². The van der Waals surface area contributed by atoms with Crippen molar-refractivity contribution in [1.82, 2.24) is 19.7 Å². The van der Waals surface area contributed by atoms with Gasteiger partial charge in [0.25, 0.3) is 0 Å². The SMILES string of the molecule is CNc1nc(N)nc2cc(-c3c(C)nn(C)c3C)ccc12. The van der Waals surface area contributed by atoms with Crippen molar-refractivity contribution in [1.29, 1.82) is 0 Å². The van der Waals surface area contributed by atoms with Crippen LogP contribution < -0.4 is 11.1 Å². The molecular formula is C15H18N6. The van der Waals surface area contributed by atoms with Gasteiger partial charge in [0.05, 0.1) is 11.2 Å². The maximum absolute atomic E-state index is 5.77. The molecule has 1 aromatic carbocycles. The van der Waals surface area contributed by atoms with Gasteiger partial charge in [0, 0.05) is 30.7 Å². The van der Waals surface area contributed by atoms with Gasteiger partial charge in [0.15, 0.2) is 0 Å². The van der Waals surface area contributed by atoms with E-state index >= 15 is 0 Å². The molecular weight excluding hydrogens is 264 g/mol. The molecule has 0 aliphatic rings. The molecule has 0 atom stereocenters. The fraction of sp³-hybridized carbons (Fsp3) is 0.267. The molecule has 0 saturated carbocycles. The average Bonchev–Trinajstić information content (AvgIpc) is 2.70. The fourth-order valence-electron chi connectivity index (χ4n) is 2.69. The lowest BCUT2D eigenvalue weighted by Crippen LogP contribution is -2.01. The van der Waals surface area contributed by atoms with E-state index in [4.69, 9.17) is 5.73 Å². The second kappa shape index (κ2) is 4.73. The summed E-state index contributed by atoms with van der Waals surface area (Å²) in [5, 5.41) is 8.47. The number of benzene rings is 1. The van der Waals surface area contributed by atoms with Crippen LogP contribution in [0.4, 0.5) is 11.8 Å². The molecule has 2 aromatic heterocycles. The third kappa shape index (κ3) is 2.08. The molecule has 2 heterocycles. The molecule has 6 heteroatoms. The van der Waals surface area contributed by atoms with Crippen LogP contribution in [0.5, 0.6) is 0 Å². The molecule has 0 amide bonds. The third-order valence-electron chi connectivity index (χ3n) is 3.75. The normalized spacial score (nSPS) is 11.0. The van der Waals surface area contributed by atoms with E-state index in [1.165, 1.54) is 0 Å². The zero-order valence-corrected chi connectivity index (χ0v) is 12.6. The van der Waals surface area contributed by atoms with Gasteiger partial charge >= 0.3 is 0 Å². The summed E-state index contributed by atoms with van der Waals surface area (Å²) in [6.07, 6.45) is 0. The van der Waals surface area contributed by atoms with Gasteiger partial charge in [-0.1, -0.05) is 6.07 Å². The minimum absolute atomic E-state index is 0.267. The predicted molar refractivity (Wildman–Crippen MR) is 85.2 cm³/mol. The molecule has 0 aliphatic heterocycles. The lowest BCUT2D eigenvalue weighted by molar-refractivity contribution is 0.731. The van der Waals surface area contributed by atoms with Crippen LogP contribution in [-0.4, -0.2) is 26.8 Å². The smallest absolute Gasteiger partial charge is 0.222 e. The topological polar surface area (TPSA) is 81.7 Å². The molecule has 0 aliphatic carbocycles. The zero-order valence-electron chi connectivity index (χ0n) is 12.6. The number of hydrogen-bond donors (Lipinski definition) is 2. The quantitative estimate of drug-likeness (QED) is 0.753. The van der Waals surface area contributed by atoms with Gasteiger partial charge < -0.3 is 11.1 Å². The monoisotopic (exact) mass is 282 g/mol. The van der Waals surface area contributed by atoms with Gasteiger partial charge in [-0.2, -0.15) is 10.1 Å². The molecule has 3 rings (SSSR count). The first-order valence-electron chi connectivity index (χ1n) is 6.77. The highest BCUT2D eigenvalue weighted by molar-refractivity contribution is 5.93. The van der Waals surface area contributed by atoms with Gasteiger partial charge in [-0.25, -0.2) is 4.98 Å². The highest BCUT2D eigenvalue weighted by Gasteiger charge is 2.13. The van der Waals surface area contributed by atoms with Crippen molar-refractivity contribution in [2.24, 2.45) is 7.05 Å². The van der Waals surface area contributed by atoms with Crippen molar-refractivity contribution in [3.63, 3.8) is 0 Å². The Morgan fingerprint density at radius 2 is 1.95 bits per heavy atom. The summed E-state index contributed by atoms with van der Waals surface area (Å²) in [7, 11) is 3.77. The average molecular weight is 282 g/mol. The van der Waals surface area contributed by atoms with Gasteiger partial charge in [-0.15, -0.1) is 0 Å². The largest absolute Gasteiger partial charge is 0.372 e. The second-order valence-electron chi connectivity index (χ2n) is 5.08. The molecule has 6 nitrogen and oxygen atoms in total. The molecule has 0 unspecified atom stereocenters. The van der Waals surface area contributed by atoms with E-state index in [-0.39, 0.29) is 5.95 Å². The van der Waals surface area contributed by atoms with E-state index in [1.54, 1.807) is 0 Å². The summed E-state index contributed by atoms with van der Waals surface area (Å²) in [6.45, 7) is 4.08. The standard InChI is InChI=1S/C15H18N6/c1-8-13(9(2)21(4)20-8)10-5-6-11-12(7-10)18-15(16)19-14(11)17-3/h5-7H,1-4H3,(H3,16,17,18,19). The molecule has 21 heavy (non-hydrogen) atoms. The van der Waals surface area contributed by atoms with Crippen LogP contribution in [0.15, 0.2) is 18.2 Å². The molecule has 3 N–H and O–H groups in total. The Labute approximate surface area is 123 Å². The van der Waals surface area contributed by atoms with Crippen LogP contribution in [0, 0.1) is 13.8 Å². The second-order valence-corrected chi connectivity index (χ2v) is 5.08. The summed E-state index contributed by atoms with van der Waals surface area (Å²) in [5.41, 5.74) is 11.0. The number of nitrogens with zero attached hydrogens (tertiary/aromatic N) is 4. The summed E-state index contributed by atoms with van der Waals surface area (Å²) in [6, 6.07) is 6.12. The molecule has 0 spiro atoms. The Kier molecular flexibility index (Phi) is 3.01. The van der Waals surface area contributed by atoms with Crippen LogP contribution in [0.3, 0.4) is 0 Å². The number of nitrogens with two attached hydrogens (primary N) is 1. The van der Waals surface area contributed by atoms with Crippen LogP contribution in [0.25, 0.3) is 22.0 Å².